The summed E-state index contributed by atoms with van der Waals surface area (Å²) >= 11 is 1.59. The van der Waals surface area contributed by atoms with Crippen LogP contribution in [0.4, 0.5) is 0 Å². The standard InChI is InChI=1S/C10H11NOS/c1-8(7-12)3-4-9(2)10-11-5-6-13-10/h3-7H,1-2H3/b8-3+,9-4+. The van der Waals surface area contributed by atoms with E-state index >= 15 is 0 Å². The van der Waals surface area contributed by atoms with Crippen LogP contribution >= 0.6 is 11.3 Å². The summed E-state index contributed by atoms with van der Waals surface area (Å²) < 4.78 is 0. The molecule has 3 heteroatoms. The van der Waals surface area contributed by atoms with E-state index in [1.165, 1.54) is 0 Å². The predicted octanol–water partition coefficient (Wildman–Crippen LogP) is 2.69. The van der Waals surface area contributed by atoms with E-state index in [2.05, 4.69) is 4.98 Å². The number of aromatic nitrogens is 1. The Labute approximate surface area is 81.6 Å². The van der Waals surface area contributed by atoms with Crippen molar-refractivity contribution in [2.45, 2.75) is 13.8 Å². The highest BCUT2D eigenvalue weighted by Crippen LogP contribution is 2.15. The average Bonchev–Trinajstić information content (AvgIpc) is 2.66. The van der Waals surface area contributed by atoms with Crippen molar-refractivity contribution < 1.29 is 4.79 Å². The van der Waals surface area contributed by atoms with Crippen molar-refractivity contribution in [3.05, 3.63) is 34.3 Å². The molecule has 1 rings (SSSR count). The molecule has 13 heavy (non-hydrogen) atoms. The van der Waals surface area contributed by atoms with Crippen LogP contribution in [0.1, 0.15) is 18.9 Å². The molecule has 0 aliphatic carbocycles. The Bertz CT molecular complexity index is 336. The van der Waals surface area contributed by atoms with Crippen molar-refractivity contribution in [1.29, 1.82) is 0 Å². The number of carbonyl (C=O) groups excluding carboxylic acids is 1. The van der Waals surface area contributed by atoms with E-state index in [0.717, 1.165) is 22.4 Å². The molecule has 0 aliphatic rings. The zero-order valence-electron chi connectivity index (χ0n) is 7.65. The van der Waals surface area contributed by atoms with Crippen molar-refractivity contribution in [1.82, 2.24) is 4.98 Å². The van der Waals surface area contributed by atoms with Gasteiger partial charge in [-0.2, -0.15) is 0 Å². The quantitative estimate of drug-likeness (QED) is 0.419. The number of allylic oxidation sites excluding steroid dienone is 4. The zero-order valence-corrected chi connectivity index (χ0v) is 8.47. The van der Waals surface area contributed by atoms with Crippen LogP contribution in [0.15, 0.2) is 29.3 Å². The third-order valence-electron chi connectivity index (χ3n) is 1.55. The summed E-state index contributed by atoms with van der Waals surface area (Å²) in [4.78, 5) is 14.4. The van der Waals surface area contributed by atoms with E-state index in [0.29, 0.717) is 0 Å². The number of hydrogen-bond acceptors (Lipinski definition) is 3. The molecule has 0 aliphatic heterocycles. The number of thiazole rings is 1. The van der Waals surface area contributed by atoms with Crippen LogP contribution in [0.5, 0.6) is 0 Å². The Hall–Kier alpha value is -1.22. The Morgan fingerprint density at radius 2 is 2.23 bits per heavy atom. The fourth-order valence-electron chi connectivity index (χ4n) is 0.785. The Morgan fingerprint density at radius 1 is 1.46 bits per heavy atom. The highest BCUT2D eigenvalue weighted by atomic mass is 32.1. The molecule has 0 saturated carbocycles. The molecule has 0 bridgehead atoms. The van der Waals surface area contributed by atoms with Gasteiger partial charge in [0, 0.05) is 11.6 Å². The lowest BCUT2D eigenvalue weighted by atomic mass is 10.2. The predicted molar refractivity (Wildman–Crippen MR) is 55.6 cm³/mol. The van der Waals surface area contributed by atoms with Crippen LogP contribution < -0.4 is 0 Å². The van der Waals surface area contributed by atoms with Crippen LogP contribution in [0.3, 0.4) is 0 Å². The van der Waals surface area contributed by atoms with Crippen LogP contribution in [0, 0.1) is 0 Å². The molecule has 68 valence electrons. The Morgan fingerprint density at radius 3 is 2.77 bits per heavy atom. The lowest BCUT2D eigenvalue weighted by Crippen LogP contribution is -1.77. The molecular weight excluding hydrogens is 182 g/mol. The van der Waals surface area contributed by atoms with Gasteiger partial charge in [-0.15, -0.1) is 11.3 Å². The Balaban J connectivity index is 2.79. The van der Waals surface area contributed by atoms with E-state index in [9.17, 15) is 4.79 Å². The molecule has 0 radical (unpaired) electrons. The van der Waals surface area contributed by atoms with E-state index in [1.807, 2.05) is 18.4 Å². The molecule has 0 unspecified atom stereocenters. The normalized spacial score (nSPS) is 13.1. The minimum atomic E-state index is 0.718. The molecule has 1 heterocycles. The minimum absolute atomic E-state index is 0.718. The third-order valence-corrected chi connectivity index (χ3v) is 2.46. The van der Waals surface area contributed by atoms with Gasteiger partial charge >= 0.3 is 0 Å². The first-order chi connectivity index (χ1) is 6.24. The molecular formula is C10H11NOS. The molecule has 0 atom stereocenters. The lowest BCUT2D eigenvalue weighted by Gasteiger charge is -1.91. The molecule has 0 N–H and O–H groups in total. The molecule has 0 spiro atoms. The minimum Gasteiger partial charge on any atom is -0.298 e. The summed E-state index contributed by atoms with van der Waals surface area (Å²) in [5.74, 6) is 0. The first kappa shape index (κ1) is 9.86. The number of aldehydes is 1. The maximum absolute atomic E-state index is 10.3. The zero-order chi connectivity index (χ0) is 9.68. The highest BCUT2D eigenvalue weighted by molar-refractivity contribution is 7.10. The molecule has 0 saturated heterocycles. The topological polar surface area (TPSA) is 30.0 Å². The molecule has 2 nitrogen and oxygen atoms in total. The van der Waals surface area contributed by atoms with Gasteiger partial charge in [-0.1, -0.05) is 12.2 Å². The summed E-state index contributed by atoms with van der Waals surface area (Å²) in [7, 11) is 0. The van der Waals surface area contributed by atoms with Gasteiger partial charge in [0.25, 0.3) is 0 Å². The molecule has 1 aromatic rings. The third kappa shape index (κ3) is 2.95. The van der Waals surface area contributed by atoms with Crippen LogP contribution in [-0.4, -0.2) is 11.3 Å². The maximum Gasteiger partial charge on any atom is 0.145 e. The largest absolute Gasteiger partial charge is 0.298 e. The molecule has 1 aromatic heterocycles. The van der Waals surface area contributed by atoms with Crippen LogP contribution in [-0.2, 0) is 4.79 Å². The summed E-state index contributed by atoms with van der Waals surface area (Å²) in [6.45, 7) is 3.76. The van der Waals surface area contributed by atoms with E-state index in [4.69, 9.17) is 0 Å². The number of hydrogen-bond donors (Lipinski definition) is 0. The van der Waals surface area contributed by atoms with Gasteiger partial charge < -0.3 is 0 Å². The highest BCUT2D eigenvalue weighted by Gasteiger charge is 1.95. The van der Waals surface area contributed by atoms with Crippen molar-refractivity contribution in [3.63, 3.8) is 0 Å². The van der Waals surface area contributed by atoms with Gasteiger partial charge in [0.2, 0.25) is 0 Å². The second-order valence-electron chi connectivity index (χ2n) is 2.72. The van der Waals surface area contributed by atoms with E-state index in [1.54, 1.807) is 30.5 Å². The van der Waals surface area contributed by atoms with Crippen LogP contribution in [0.25, 0.3) is 5.57 Å². The summed E-state index contributed by atoms with van der Waals surface area (Å²) in [6.07, 6.45) is 6.31. The monoisotopic (exact) mass is 193 g/mol. The number of nitrogens with zero attached hydrogens (tertiary/aromatic N) is 1. The van der Waals surface area contributed by atoms with Crippen molar-refractivity contribution >= 4 is 23.2 Å². The van der Waals surface area contributed by atoms with Gasteiger partial charge in [0.1, 0.15) is 11.3 Å². The Kier molecular flexibility index (Phi) is 3.58. The van der Waals surface area contributed by atoms with Gasteiger partial charge in [0.05, 0.1) is 0 Å². The maximum atomic E-state index is 10.3. The fourth-order valence-corrected chi connectivity index (χ4v) is 1.41. The first-order valence-electron chi connectivity index (χ1n) is 3.94. The van der Waals surface area contributed by atoms with Gasteiger partial charge in [-0.25, -0.2) is 4.98 Å². The SMILES string of the molecule is C/C(C=O)=C\C=C(/C)c1nccs1. The number of rotatable bonds is 3. The molecule has 0 fully saturated rings. The number of carbonyl (C=O) groups is 1. The van der Waals surface area contributed by atoms with Crippen molar-refractivity contribution in [3.8, 4) is 0 Å². The smallest absolute Gasteiger partial charge is 0.145 e. The van der Waals surface area contributed by atoms with E-state index < -0.39 is 0 Å². The second-order valence-corrected chi connectivity index (χ2v) is 3.61. The van der Waals surface area contributed by atoms with Gasteiger partial charge in [-0.3, -0.25) is 4.79 Å². The lowest BCUT2D eigenvalue weighted by molar-refractivity contribution is -0.104. The summed E-state index contributed by atoms with van der Waals surface area (Å²) in [5.41, 5.74) is 1.80. The van der Waals surface area contributed by atoms with Gasteiger partial charge in [0.15, 0.2) is 0 Å². The van der Waals surface area contributed by atoms with Crippen molar-refractivity contribution in [2.75, 3.05) is 0 Å². The second kappa shape index (κ2) is 4.72. The average molecular weight is 193 g/mol. The van der Waals surface area contributed by atoms with Crippen molar-refractivity contribution in [2.24, 2.45) is 0 Å². The van der Waals surface area contributed by atoms with E-state index in [-0.39, 0.29) is 0 Å². The van der Waals surface area contributed by atoms with Gasteiger partial charge in [-0.05, 0) is 25.0 Å². The molecule has 0 aromatic carbocycles. The fraction of sp³-hybridized carbons (Fsp3) is 0.200. The summed E-state index contributed by atoms with van der Waals surface area (Å²) in [6, 6.07) is 0. The summed E-state index contributed by atoms with van der Waals surface area (Å²) in [5, 5.41) is 2.93. The molecule has 0 amide bonds. The first-order valence-corrected chi connectivity index (χ1v) is 4.82. The van der Waals surface area contributed by atoms with Crippen LogP contribution in [0.2, 0.25) is 0 Å².